The van der Waals surface area contributed by atoms with Crippen LogP contribution in [0.15, 0.2) is 54.7 Å². The van der Waals surface area contributed by atoms with Gasteiger partial charge in [-0.25, -0.2) is 9.97 Å². The molecule has 6 nitrogen and oxygen atoms in total. The fourth-order valence-corrected chi connectivity index (χ4v) is 3.78. The number of hydrogen-bond acceptors (Lipinski definition) is 4. The highest BCUT2D eigenvalue weighted by atomic mass is 16.2. The third kappa shape index (κ3) is 3.98. The molecule has 0 spiro atoms. The predicted octanol–water partition coefficient (Wildman–Crippen LogP) is 5.10. The Labute approximate surface area is 182 Å². The van der Waals surface area contributed by atoms with Crippen molar-refractivity contribution in [1.29, 1.82) is 0 Å². The molecule has 0 saturated carbocycles. The van der Waals surface area contributed by atoms with E-state index in [1.165, 1.54) is 0 Å². The molecule has 4 rings (SSSR count). The van der Waals surface area contributed by atoms with Crippen molar-refractivity contribution >= 4 is 28.4 Å². The molecule has 2 heterocycles. The molecule has 31 heavy (non-hydrogen) atoms. The fourth-order valence-electron chi connectivity index (χ4n) is 3.78. The number of amides is 1. The van der Waals surface area contributed by atoms with Crippen molar-refractivity contribution < 1.29 is 4.79 Å². The van der Waals surface area contributed by atoms with Gasteiger partial charge >= 0.3 is 0 Å². The molecule has 1 N–H and O–H groups in total. The number of para-hydroxylation sites is 2. The molecule has 0 saturated heterocycles. The second-order valence-corrected chi connectivity index (χ2v) is 8.08. The third-order valence-corrected chi connectivity index (χ3v) is 5.48. The summed E-state index contributed by atoms with van der Waals surface area (Å²) < 4.78 is 2.15. The lowest BCUT2D eigenvalue weighted by atomic mass is 10.1. The summed E-state index contributed by atoms with van der Waals surface area (Å²) in [4.78, 5) is 24.0. The summed E-state index contributed by atoms with van der Waals surface area (Å²) in [5.74, 6) is 1.34. The Kier molecular flexibility index (Phi) is 5.89. The molecule has 0 radical (unpaired) electrons. The van der Waals surface area contributed by atoms with Gasteiger partial charge in [-0.15, -0.1) is 0 Å². The third-order valence-electron chi connectivity index (χ3n) is 5.48. The van der Waals surface area contributed by atoms with Crippen molar-refractivity contribution in [3.05, 3.63) is 60.3 Å². The van der Waals surface area contributed by atoms with Crippen LogP contribution in [-0.2, 0) is 0 Å². The summed E-state index contributed by atoms with van der Waals surface area (Å²) in [6.45, 7) is 10.6. The van der Waals surface area contributed by atoms with E-state index in [0.29, 0.717) is 24.6 Å². The minimum Gasteiger partial charge on any atom is -0.367 e. The van der Waals surface area contributed by atoms with E-state index in [2.05, 4.69) is 29.6 Å². The molecule has 0 bridgehead atoms. The monoisotopic (exact) mass is 415 g/mol. The number of nitrogens with zero attached hydrogens (tertiary/aromatic N) is 4. The van der Waals surface area contributed by atoms with Crippen LogP contribution in [0.1, 0.15) is 38.1 Å². The van der Waals surface area contributed by atoms with Gasteiger partial charge in [0.05, 0.1) is 22.9 Å². The van der Waals surface area contributed by atoms with Crippen molar-refractivity contribution in [2.75, 3.05) is 25.0 Å². The van der Waals surface area contributed by atoms with Crippen LogP contribution in [0.5, 0.6) is 0 Å². The van der Waals surface area contributed by atoms with Crippen LogP contribution in [0.2, 0.25) is 0 Å². The number of nitrogens with one attached hydrogen (secondary N) is 1. The van der Waals surface area contributed by atoms with Crippen LogP contribution in [0.4, 0.5) is 5.82 Å². The van der Waals surface area contributed by atoms with Gasteiger partial charge in [0.15, 0.2) is 11.5 Å². The highest BCUT2D eigenvalue weighted by Gasteiger charge is 2.16. The Bertz CT molecular complexity index is 1210. The van der Waals surface area contributed by atoms with E-state index < -0.39 is 0 Å². The molecule has 2 aromatic carbocycles. The summed E-state index contributed by atoms with van der Waals surface area (Å²) >= 11 is 0. The summed E-state index contributed by atoms with van der Waals surface area (Å²) in [7, 11) is 0. The molecule has 1 amide bonds. The van der Waals surface area contributed by atoms with Crippen LogP contribution >= 0.6 is 0 Å². The number of carbonyl (C=O) groups is 1. The zero-order valence-electron chi connectivity index (χ0n) is 18.6. The van der Waals surface area contributed by atoms with Crippen molar-refractivity contribution in [2.45, 2.75) is 27.7 Å². The van der Waals surface area contributed by atoms with E-state index in [0.717, 1.165) is 40.3 Å². The summed E-state index contributed by atoms with van der Waals surface area (Å²) in [5, 5.41) is 3.45. The predicted molar refractivity (Wildman–Crippen MR) is 127 cm³/mol. The second kappa shape index (κ2) is 8.76. The first-order valence-electron chi connectivity index (χ1n) is 10.9. The number of imidazole rings is 1. The molecule has 6 heteroatoms. The fraction of sp³-hybridized carbons (Fsp3) is 0.320. The van der Waals surface area contributed by atoms with E-state index in [-0.39, 0.29) is 5.91 Å². The number of aromatic nitrogens is 3. The largest absolute Gasteiger partial charge is 0.367 e. The molecular formula is C25H29N5O. The summed E-state index contributed by atoms with van der Waals surface area (Å²) in [6.07, 6.45) is 1.88. The number of anilines is 1. The first kappa shape index (κ1) is 20.8. The van der Waals surface area contributed by atoms with Gasteiger partial charge in [-0.2, -0.15) is 0 Å². The molecule has 4 aromatic rings. The number of carbonyl (C=O) groups excluding carboxylic acids is 1. The van der Waals surface area contributed by atoms with Gasteiger partial charge in [-0.3, -0.25) is 9.20 Å². The molecule has 160 valence electrons. The first-order chi connectivity index (χ1) is 15.0. The van der Waals surface area contributed by atoms with Gasteiger partial charge in [-0.1, -0.05) is 38.1 Å². The lowest BCUT2D eigenvalue weighted by Gasteiger charge is -2.18. The smallest absolute Gasteiger partial charge is 0.253 e. The zero-order chi connectivity index (χ0) is 22.0. The number of fused-ring (bicyclic) bond motifs is 3. The maximum atomic E-state index is 12.7. The SMILES string of the molecule is CCN(CC)C(=O)c1ccc(-c2cnc3c(NCC(C)C)nc4ccccc4n23)cc1. The molecule has 0 aliphatic rings. The van der Waals surface area contributed by atoms with Gasteiger partial charge in [0.2, 0.25) is 0 Å². The molecule has 2 aromatic heterocycles. The topological polar surface area (TPSA) is 62.5 Å². The Hall–Kier alpha value is -3.41. The van der Waals surface area contributed by atoms with Gasteiger partial charge < -0.3 is 10.2 Å². The molecule has 0 aliphatic heterocycles. The van der Waals surface area contributed by atoms with Crippen molar-refractivity contribution in [1.82, 2.24) is 19.3 Å². The molecule has 0 fully saturated rings. The lowest BCUT2D eigenvalue weighted by molar-refractivity contribution is 0.0773. The van der Waals surface area contributed by atoms with E-state index in [1.54, 1.807) is 0 Å². The second-order valence-electron chi connectivity index (χ2n) is 8.08. The normalized spacial score (nSPS) is 11.4. The van der Waals surface area contributed by atoms with Crippen LogP contribution < -0.4 is 5.32 Å². The minimum atomic E-state index is 0.0597. The molecule has 0 unspecified atom stereocenters. The highest BCUT2D eigenvalue weighted by molar-refractivity contribution is 5.95. The molecule has 0 aliphatic carbocycles. The average molecular weight is 416 g/mol. The standard InChI is InChI=1S/C25H29N5O/c1-5-29(6-2)25(31)19-13-11-18(12-14-19)22-16-27-24-23(26-15-17(3)4)28-20-9-7-8-10-21(20)30(22)24/h7-14,16-17H,5-6,15H2,1-4H3,(H,26,28). The van der Waals surface area contributed by atoms with E-state index in [9.17, 15) is 4.79 Å². The van der Waals surface area contributed by atoms with E-state index in [1.807, 2.05) is 67.4 Å². The highest BCUT2D eigenvalue weighted by Crippen LogP contribution is 2.29. The first-order valence-corrected chi connectivity index (χ1v) is 10.9. The van der Waals surface area contributed by atoms with Crippen LogP contribution in [-0.4, -0.2) is 44.8 Å². The van der Waals surface area contributed by atoms with Crippen molar-refractivity contribution in [3.8, 4) is 11.3 Å². The average Bonchev–Trinajstić information content (AvgIpc) is 3.24. The number of hydrogen-bond donors (Lipinski definition) is 1. The summed E-state index contributed by atoms with van der Waals surface area (Å²) in [5.41, 5.74) is 5.40. The van der Waals surface area contributed by atoms with Crippen molar-refractivity contribution in [3.63, 3.8) is 0 Å². The zero-order valence-corrected chi connectivity index (χ0v) is 18.6. The molecular weight excluding hydrogens is 386 g/mol. The maximum Gasteiger partial charge on any atom is 0.253 e. The Morgan fingerprint density at radius 2 is 1.77 bits per heavy atom. The van der Waals surface area contributed by atoms with Gasteiger partial charge in [0, 0.05) is 30.8 Å². The van der Waals surface area contributed by atoms with E-state index >= 15 is 0 Å². The van der Waals surface area contributed by atoms with Crippen LogP contribution in [0.25, 0.3) is 27.9 Å². The minimum absolute atomic E-state index is 0.0597. The van der Waals surface area contributed by atoms with Gasteiger partial charge in [0.1, 0.15) is 0 Å². The Balaban J connectivity index is 1.80. The van der Waals surface area contributed by atoms with Gasteiger partial charge in [0.25, 0.3) is 5.91 Å². The van der Waals surface area contributed by atoms with E-state index in [4.69, 9.17) is 9.97 Å². The Morgan fingerprint density at radius 1 is 1.06 bits per heavy atom. The number of benzene rings is 2. The maximum absolute atomic E-state index is 12.7. The van der Waals surface area contributed by atoms with Crippen molar-refractivity contribution in [2.24, 2.45) is 5.92 Å². The Morgan fingerprint density at radius 3 is 2.45 bits per heavy atom. The quantitative estimate of drug-likeness (QED) is 0.456. The summed E-state index contributed by atoms with van der Waals surface area (Å²) in [6, 6.07) is 15.9. The van der Waals surface area contributed by atoms with Crippen LogP contribution in [0, 0.1) is 5.92 Å². The lowest BCUT2D eigenvalue weighted by Crippen LogP contribution is -2.30. The molecule has 0 atom stereocenters. The number of rotatable bonds is 7. The van der Waals surface area contributed by atoms with Gasteiger partial charge in [-0.05, 0) is 44.0 Å². The van der Waals surface area contributed by atoms with Crippen LogP contribution in [0.3, 0.4) is 0 Å².